The minimum absolute atomic E-state index is 0.204. The lowest BCUT2D eigenvalue weighted by Gasteiger charge is -2.26. The maximum atomic E-state index is 11.3. The monoisotopic (exact) mass is 497 g/mol. The highest BCUT2D eigenvalue weighted by atomic mass is 16.5. The smallest absolute Gasteiger partial charge is 0.330 e. The van der Waals surface area contributed by atoms with Gasteiger partial charge in [0.1, 0.15) is 0 Å². The van der Waals surface area contributed by atoms with Crippen molar-refractivity contribution in [1.29, 1.82) is 0 Å². The minimum Gasteiger partial charge on any atom is -0.462 e. The number of anilines is 3. The van der Waals surface area contributed by atoms with Gasteiger partial charge < -0.3 is 14.4 Å². The largest absolute Gasteiger partial charge is 0.462 e. The van der Waals surface area contributed by atoms with Crippen molar-refractivity contribution in [2.45, 2.75) is 26.7 Å². The Morgan fingerprint density at radius 3 is 1.43 bits per heavy atom. The molecule has 3 rings (SSSR count). The van der Waals surface area contributed by atoms with E-state index in [1.165, 1.54) is 23.3 Å². The van der Waals surface area contributed by atoms with E-state index in [4.69, 9.17) is 9.47 Å². The fourth-order valence-corrected chi connectivity index (χ4v) is 4.08. The van der Waals surface area contributed by atoms with Crippen molar-refractivity contribution in [3.05, 3.63) is 115 Å². The first-order chi connectivity index (χ1) is 17.9. The molecule has 0 fully saturated rings. The number of para-hydroxylation sites is 1. The number of hydrogen-bond donors (Lipinski definition) is 0. The maximum Gasteiger partial charge on any atom is 0.330 e. The standard InChI is InChI=1S/C32H35NO4/c1-5-31(34)36-22-24(3)20-26-12-16-29(17-13-26)33(28-10-8-7-9-11-28)30-18-14-27(15-19-30)21-25(4)23-37-32(35)6-2/h5-19,24-25H,1-2,20-23H2,3-4H3. The van der Waals surface area contributed by atoms with E-state index in [2.05, 4.69) is 92.6 Å². The highest BCUT2D eigenvalue weighted by Crippen LogP contribution is 2.34. The average Bonchev–Trinajstić information content (AvgIpc) is 2.93. The molecule has 2 atom stereocenters. The van der Waals surface area contributed by atoms with Crippen LogP contribution in [0, 0.1) is 11.8 Å². The van der Waals surface area contributed by atoms with Crippen LogP contribution in [0.25, 0.3) is 0 Å². The summed E-state index contributed by atoms with van der Waals surface area (Å²) in [6.45, 7) is 11.7. The van der Waals surface area contributed by atoms with E-state index in [0.29, 0.717) is 13.2 Å². The van der Waals surface area contributed by atoms with E-state index >= 15 is 0 Å². The van der Waals surface area contributed by atoms with Crippen LogP contribution < -0.4 is 4.90 Å². The molecule has 2 unspecified atom stereocenters. The Kier molecular flexibility index (Phi) is 10.3. The number of hydrogen-bond acceptors (Lipinski definition) is 5. The Bertz CT molecular complexity index is 1090. The van der Waals surface area contributed by atoms with Gasteiger partial charge in [0.2, 0.25) is 0 Å². The summed E-state index contributed by atoms with van der Waals surface area (Å²) in [5.41, 5.74) is 5.54. The summed E-state index contributed by atoms with van der Waals surface area (Å²) in [5, 5.41) is 0. The summed E-state index contributed by atoms with van der Waals surface area (Å²) in [4.78, 5) is 24.9. The lowest BCUT2D eigenvalue weighted by molar-refractivity contribution is -0.139. The van der Waals surface area contributed by atoms with E-state index in [0.717, 1.165) is 29.9 Å². The Hall–Kier alpha value is -4.12. The number of carbonyl (C=O) groups excluding carboxylic acids is 2. The third-order valence-corrected chi connectivity index (χ3v) is 5.93. The van der Waals surface area contributed by atoms with E-state index in [-0.39, 0.29) is 11.8 Å². The zero-order valence-electron chi connectivity index (χ0n) is 21.6. The fourth-order valence-electron chi connectivity index (χ4n) is 4.08. The van der Waals surface area contributed by atoms with Crippen molar-refractivity contribution in [1.82, 2.24) is 0 Å². The van der Waals surface area contributed by atoms with Crippen LogP contribution in [0.3, 0.4) is 0 Å². The van der Waals surface area contributed by atoms with Crippen molar-refractivity contribution in [2.24, 2.45) is 11.8 Å². The first-order valence-corrected chi connectivity index (χ1v) is 12.5. The molecule has 3 aromatic carbocycles. The zero-order valence-corrected chi connectivity index (χ0v) is 21.6. The molecule has 5 heteroatoms. The van der Waals surface area contributed by atoms with E-state index in [9.17, 15) is 9.59 Å². The van der Waals surface area contributed by atoms with Gasteiger partial charge in [-0.15, -0.1) is 0 Å². The summed E-state index contributed by atoms with van der Waals surface area (Å²) in [7, 11) is 0. The molecule has 0 spiro atoms. The van der Waals surface area contributed by atoms with Gasteiger partial charge in [-0.05, 0) is 72.2 Å². The van der Waals surface area contributed by atoms with Crippen molar-refractivity contribution in [2.75, 3.05) is 18.1 Å². The number of benzene rings is 3. The van der Waals surface area contributed by atoms with Crippen LogP contribution in [0.1, 0.15) is 25.0 Å². The van der Waals surface area contributed by atoms with Gasteiger partial charge in [0.05, 0.1) is 13.2 Å². The van der Waals surface area contributed by atoms with Gasteiger partial charge in [-0.2, -0.15) is 0 Å². The molecule has 0 heterocycles. The summed E-state index contributed by atoms with van der Waals surface area (Å²) in [6.07, 6.45) is 4.00. The van der Waals surface area contributed by atoms with Crippen LogP contribution >= 0.6 is 0 Å². The van der Waals surface area contributed by atoms with Crippen molar-refractivity contribution in [3.63, 3.8) is 0 Å². The lowest BCUT2D eigenvalue weighted by Crippen LogP contribution is -2.13. The molecular formula is C32H35NO4. The van der Waals surface area contributed by atoms with E-state index < -0.39 is 11.9 Å². The number of rotatable bonds is 13. The number of ether oxygens (including phenoxy) is 2. The molecule has 0 N–H and O–H groups in total. The van der Waals surface area contributed by atoms with Crippen molar-refractivity contribution < 1.29 is 19.1 Å². The third-order valence-electron chi connectivity index (χ3n) is 5.93. The van der Waals surface area contributed by atoms with Gasteiger partial charge in [-0.3, -0.25) is 0 Å². The number of esters is 2. The summed E-state index contributed by atoms with van der Waals surface area (Å²) in [6, 6.07) is 27.2. The third kappa shape index (κ3) is 8.50. The van der Waals surface area contributed by atoms with Gasteiger partial charge in [0, 0.05) is 29.2 Å². The molecule has 0 aliphatic carbocycles. The van der Waals surface area contributed by atoms with Crippen LogP contribution in [0.15, 0.2) is 104 Å². The van der Waals surface area contributed by atoms with E-state index in [1.54, 1.807) is 0 Å². The molecule has 0 saturated carbocycles. The highest BCUT2D eigenvalue weighted by Gasteiger charge is 2.14. The molecular weight excluding hydrogens is 462 g/mol. The SMILES string of the molecule is C=CC(=O)OCC(C)Cc1ccc(N(c2ccccc2)c2ccc(CC(C)COC(=O)C=C)cc2)cc1. The average molecular weight is 498 g/mol. The molecule has 3 aromatic rings. The first kappa shape index (κ1) is 27.5. The second-order valence-electron chi connectivity index (χ2n) is 9.29. The van der Waals surface area contributed by atoms with Crippen LogP contribution in [0.5, 0.6) is 0 Å². The first-order valence-electron chi connectivity index (χ1n) is 12.5. The molecule has 0 aliphatic heterocycles. The van der Waals surface area contributed by atoms with Gasteiger partial charge in [0.25, 0.3) is 0 Å². The molecule has 0 bridgehead atoms. The summed E-state index contributed by atoms with van der Waals surface area (Å²) in [5.74, 6) is -0.375. The predicted molar refractivity (Wildman–Crippen MR) is 149 cm³/mol. The molecule has 0 saturated heterocycles. The predicted octanol–water partition coefficient (Wildman–Crippen LogP) is 6.97. The zero-order chi connectivity index (χ0) is 26.6. The van der Waals surface area contributed by atoms with Gasteiger partial charge in [-0.25, -0.2) is 9.59 Å². The van der Waals surface area contributed by atoms with Gasteiger partial charge in [-0.1, -0.05) is 69.5 Å². The van der Waals surface area contributed by atoms with Crippen molar-refractivity contribution >= 4 is 29.0 Å². The molecule has 37 heavy (non-hydrogen) atoms. The Labute approximate surface area is 220 Å². The van der Waals surface area contributed by atoms with Crippen LogP contribution in [0.2, 0.25) is 0 Å². The number of nitrogens with zero attached hydrogens (tertiary/aromatic N) is 1. The minimum atomic E-state index is -0.391. The normalized spacial score (nSPS) is 12.2. The molecule has 192 valence electrons. The Morgan fingerprint density at radius 1 is 0.676 bits per heavy atom. The van der Waals surface area contributed by atoms with Crippen LogP contribution in [-0.2, 0) is 31.9 Å². The fraction of sp³-hybridized carbons (Fsp3) is 0.250. The van der Waals surface area contributed by atoms with Crippen molar-refractivity contribution in [3.8, 4) is 0 Å². The second kappa shape index (κ2) is 13.8. The Balaban J connectivity index is 1.74. The quantitative estimate of drug-likeness (QED) is 0.188. The lowest BCUT2D eigenvalue weighted by atomic mass is 10.0. The molecule has 5 nitrogen and oxygen atoms in total. The molecule has 0 amide bonds. The van der Waals surface area contributed by atoms with E-state index in [1.807, 2.05) is 18.2 Å². The summed E-state index contributed by atoms with van der Waals surface area (Å²) < 4.78 is 10.3. The Morgan fingerprint density at radius 2 is 1.05 bits per heavy atom. The summed E-state index contributed by atoms with van der Waals surface area (Å²) >= 11 is 0. The van der Waals surface area contributed by atoms with Crippen LogP contribution in [0.4, 0.5) is 17.1 Å². The maximum absolute atomic E-state index is 11.3. The molecule has 0 radical (unpaired) electrons. The molecule has 0 aromatic heterocycles. The van der Waals surface area contributed by atoms with Crippen LogP contribution in [-0.4, -0.2) is 25.2 Å². The van der Waals surface area contributed by atoms with Gasteiger partial charge >= 0.3 is 11.9 Å². The van der Waals surface area contributed by atoms with Gasteiger partial charge in [0.15, 0.2) is 0 Å². The highest BCUT2D eigenvalue weighted by molar-refractivity contribution is 5.81. The number of carbonyl (C=O) groups is 2. The topological polar surface area (TPSA) is 55.8 Å². The second-order valence-corrected chi connectivity index (χ2v) is 9.29. The molecule has 0 aliphatic rings.